The second kappa shape index (κ2) is 6.49. The fourth-order valence-corrected chi connectivity index (χ4v) is 4.06. The summed E-state index contributed by atoms with van der Waals surface area (Å²) in [5.74, 6) is 0.118. The van der Waals surface area contributed by atoms with E-state index >= 15 is 0 Å². The van der Waals surface area contributed by atoms with E-state index < -0.39 is 0 Å². The van der Waals surface area contributed by atoms with E-state index in [1.165, 1.54) is 16.0 Å². The Morgan fingerprint density at radius 2 is 2.18 bits per heavy atom. The van der Waals surface area contributed by atoms with Crippen molar-refractivity contribution in [2.45, 2.75) is 32.7 Å². The Hall–Kier alpha value is -1.87. The fourth-order valence-electron chi connectivity index (χ4n) is 3.13. The molecule has 0 spiro atoms. The molecule has 0 saturated heterocycles. The van der Waals surface area contributed by atoms with Gasteiger partial charge in [-0.25, -0.2) is 0 Å². The van der Waals surface area contributed by atoms with Crippen molar-refractivity contribution in [3.63, 3.8) is 0 Å². The van der Waals surface area contributed by atoms with E-state index in [9.17, 15) is 4.79 Å². The Balaban J connectivity index is 1.79. The average molecular weight is 311 g/mol. The monoisotopic (exact) mass is 311 g/mol. The van der Waals surface area contributed by atoms with Gasteiger partial charge in [-0.1, -0.05) is 31.2 Å². The van der Waals surface area contributed by atoms with Crippen molar-refractivity contribution in [3.8, 4) is 0 Å². The van der Waals surface area contributed by atoms with Gasteiger partial charge in [0.05, 0.1) is 6.04 Å². The van der Waals surface area contributed by atoms with Gasteiger partial charge in [-0.15, -0.1) is 11.3 Å². The maximum absolute atomic E-state index is 12.6. The fraction of sp³-hybridized carbons (Fsp3) is 0.316. The van der Waals surface area contributed by atoms with Crippen LogP contribution in [0.25, 0.3) is 6.08 Å². The van der Waals surface area contributed by atoms with Gasteiger partial charge in [0.15, 0.2) is 0 Å². The molecular formula is C19H21NOS. The van der Waals surface area contributed by atoms with E-state index in [0.717, 1.165) is 24.9 Å². The summed E-state index contributed by atoms with van der Waals surface area (Å²) < 4.78 is 0. The van der Waals surface area contributed by atoms with Crippen LogP contribution in [0, 0.1) is 6.92 Å². The van der Waals surface area contributed by atoms with Crippen molar-refractivity contribution >= 4 is 23.3 Å². The first-order valence-corrected chi connectivity index (χ1v) is 8.69. The van der Waals surface area contributed by atoms with Crippen LogP contribution in [-0.2, 0) is 11.2 Å². The summed E-state index contributed by atoms with van der Waals surface area (Å²) in [5.41, 5.74) is 3.64. The van der Waals surface area contributed by atoms with Crippen LogP contribution in [0.1, 0.15) is 41.0 Å². The first-order chi connectivity index (χ1) is 10.7. The molecule has 2 nitrogen and oxygen atoms in total. The number of carbonyl (C=O) groups excluding carboxylic acids is 1. The summed E-state index contributed by atoms with van der Waals surface area (Å²) >= 11 is 1.81. The van der Waals surface area contributed by atoms with Gasteiger partial charge < -0.3 is 4.90 Å². The third-order valence-corrected chi connectivity index (χ3v) is 5.36. The molecule has 3 heteroatoms. The van der Waals surface area contributed by atoms with Crippen molar-refractivity contribution in [2.24, 2.45) is 0 Å². The highest BCUT2D eigenvalue weighted by atomic mass is 32.1. The molecule has 1 aromatic heterocycles. The number of fused-ring (bicyclic) bond motifs is 1. The van der Waals surface area contributed by atoms with Crippen LogP contribution in [-0.4, -0.2) is 17.4 Å². The van der Waals surface area contributed by atoms with E-state index in [2.05, 4.69) is 31.4 Å². The van der Waals surface area contributed by atoms with Crippen LogP contribution in [0.15, 0.2) is 41.8 Å². The molecule has 0 N–H and O–H groups in total. The predicted octanol–water partition coefficient (Wildman–Crippen LogP) is 4.61. The first-order valence-electron chi connectivity index (χ1n) is 7.81. The van der Waals surface area contributed by atoms with Crippen LogP contribution < -0.4 is 0 Å². The molecule has 1 aliphatic rings. The highest BCUT2D eigenvalue weighted by Crippen LogP contribution is 2.35. The minimum absolute atomic E-state index is 0.118. The number of benzene rings is 1. The molecule has 22 heavy (non-hydrogen) atoms. The van der Waals surface area contributed by atoms with Gasteiger partial charge >= 0.3 is 0 Å². The minimum Gasteiger partial charge on any atom is -0.332 e. The lowest BCUT2D eigenvalue weighted by molar-refractivity contribution is -0.128. The number of rotatable bonds is 3. The molecular weight excluding hydrogens is 290 g/mol. The van der Waals surface area contributed by atoms with Gasteiger partial charge in [0.25, 0.3) is 0 Å². The molecule has 1 aromatic carbocycles. The highest BCUT2D eigenvalue weighted by Gasteiger charge is 2.29. The second-order valence-corrected chi connectivity index (χ2v) is 6.70. The normalized spacial score (nSPS) is 17.7. The topological polar surface area (TPSA) is 20.3 Å². The Kier molecular flexibility index (Phi) is 4.44. The van der Waals surface area contributed by atoms with E-state index in [-0.39, 0.29) is 11.9 Å². The Morgan fingerprint density at radius 1 is 1.36 bits per heavy atom. The SMILES string of the molecule is CCC1c2ccsc2CCN1C(=O)/C=C/c1ccccc1C. The van der Waals surface area contributed by atoms with E-state index in [1.807, 2.05) is 40.5 Å². The second-order valence-electron chi connectivity index (χ2n) is 5.69. The third-order valence-electron chi connectivity index (χ3n) is 4.36. The smallest absolute Gasteiger partial charge is 0.247 e. The number of nitrogens with zero attached hydrogens (tertiary/aromatic N) is 1. The zero-order valence-electron chi connectivity index (χ0n) is 13.1. The summed E-state index contributed by atoms with van der Waals surface area (Å²) in [6.07, 6.45) is 5.61. The van der Waals surface area contributed by atoms with Crippen LogP contribution in [0.2, 0.25) is 0 Å². The van der Waals surface area contributed by atoms with E-state index in [0.29, 0.717) is 0 Å². The summed E-state index contributed by atoms with van der Waals surface area (Å²) in [6.45, 7) is 5.04. The van der Waals surface area contributed by atoms with Crippen molar-refractivity contribution in [1.29, 1.82) is 0 Å². The van der Waals surface area contributed by atoms with Crippen LogP contribution >= 0.6 is 11.3 Å². The van der Waals surface area contributed by atoms with Crippen LogP contribution in [0.5, 0.6) is 0 Å². The maximum atomic E-state index is 12.6. The number of thiophene rings is 1. The molecule has 0 aliphatic carbocycles. The lowest BCUT2D eigenvalue weighted by Crippen LogP contribution is -2.38. The molecule has 1 amide bonds. The van der Waals surface area contributed by atoms with Gasteiger partial charge in [0, 0.05) is 17.5 Å². The largest absolute Gasteiger partial charge is 0.332 e. The van der Waals surface area contributed by atoms with Crippen molar-refractivity contribution < 1.29 is 4.79 Å². The van der Waals surface area contributed by atoms with Crippen molar-refractivity contribution in [1.82, 2.24) is 4.90 Å². The summed E-state index contributed by atoms with van der Waals surface area (Å²) in [6, 6.07) is 10.5. The number of hydrogen-bond acceptors (Lipinski definition) is 2. The van der Waals surface area contributed by atoms with Crippen molar-refractivity contribution in [3.05, 3.63) is 63.4 Å². The Labute approximate surface area is 136 Å². The minimum atomic E-state index is 0.118. The number of hydrogen-bond donors (Lipinski definition) is 0. The lowest BCUT2D eigenvalue weighted by atomic mass is 9.97. The molecule has 1 atom stereocenters. The van der Waals surface area contributed by atoms with Crippen LogP contribution in [0.4, 0.5) is 0 Å². The zero-order chi connectivity index (χ0) is 15.5. The molecule has 0 radical (unpaired) electrons. The molecule has 0 fully saturated rings. The Morgan fingerprint density at radius 3 is 2.95 bits per heavy atom. The molecule has 1 aliphatic heterocycles. The molecule has 114 valence electrons. The van der Waals surface area contributed by atoms with Crippen molar-refractivity contribution in [2.75, 3.05) is 6.54 Å². The molecule has 3 rings (SSSR count). The highest BCUT2D eigenvalue weighted by molar-refractivity contribution is 7.10. The lowest BCUT2D eigenvalue weighted by Gasteiger charge is -2.34. The molecule has 0 bridgehead atoms. The third kappa shape index (κ3) is 2.86. The molecule has 1 unspecified atom stereocenters. The predicted molar refractivity (Wildman–Crippen MR) is 93.0 cm³/mol. The Bertz CT molecular complexity index is 701. The summed E-state index contributed by atoms with van der Waals surface area (Å²) in [5, 5.41) is 2.14. The number of amides is 1. The first kappa shape index (κ1) is 15.0. The molecule has 2 heterocycles. The maximum Gasteiger partial charge on any atom is 0.247 e. The zero-order valence-corrected chi connectivity index (χ0v) is 13.9. The van der Waals surface area contributed by atoms with Gasteiger partial charge in [-0.05, 0) is 54.0 Å². The van der Waals surface area contributed by atoms with Gasteiger partial charge in [0.1, 0.15) is 0 Å². The van der Waals surface area contributed by atoms with Gasteiger partial charge in [-0.3, -0.25) is 4.79 Å². The van der Waals surface area contributed by atoms with Gasteiger partial charge in [-0.2, -0.15) is 0 Å². The molecule has 2 aromatic rings. The van der Waals surface area contributed by atoms with Crippen LogP contribution in [0.3, 0.4) is 0 Å². The molecule has 0 saturated carbocycles. The summed E-state index contributed by atoms with van der Waals surface area (Å²) in [7, 11) is 0. The van der Waals surface area contributed by atoms with Gasteiger partial charge in [0.2, 0.25) is 5.91 Å². The quantitative estimate of drug-likeness (QED) is 0.758. The average Bonchev–Trinajstić information content (AvgIpc) is 3.01. The standard InChI is InChI=1S/C19H21NOS/c1-3-17-16-11-13-22-18(16)10-12-20(17)19(21)9-8-15-7-5-4-6-14(15)2/h4-9,11,13,17H,3,10,12H2,1-2H3/b9-8+. The summed E-state index contributed by atoms with van der Waals surface area (Å²) in [4.78, 5) is 16.1. The number of carbonyl (C=O) groups is 1. The van der Waals surface area contributed by atoms with E-state index in [4.69, 9.17) is 0 Å². The van der Waals surface area contributed by atoms with E-state index in [1.54, 1.807) is 6.08 Å². The number of aryl methyl sites for hydroxylation is 1.